The molecule has 0 fully saturated rings. The van der Waals surface area contributed by atoms with E-state index in [1.807, 2.05) is 12.1 Å². The third kappa shape index (κ3) is 4.72. The van der Waals surface area contributed by atoms with Crippen LogP contribution < -0.4 is 0 Å². The molecule has 0 unspecified atom stereocenters. The van der Waals surface area contributed by atoms with Gasteiger partial charge in [-0.25, -0.2) is 0 Å². The molecule has 0 heterocycles. The topological polar surface area (TPSA) is 0 Å². The maximum atomic E-state index is 3.34. The normalized spacial score (nSPS) is 10.4. The number of allylic oxidation sites excluding steroid dienone is 2. The van der Waals surface area contributed by atoms with E-state index in [4.69, 9.17) is 0 Å². The first-order valence-electron chi connectivity index (χ1n) is 8.73. The van der Waals surface area contributed by atoms with Crippen molar-refractivity contribution in [1.29, 1.82) is 0 Å². The Kier molecular flexibility index (Phi) is 5.86. The van der Waals surface area contributed by atoms with Crippen molar-refractivity contribution in [3.8, 4) is 23.0 Å². The van der Waals surface area contributed by atoms with Gasteiger partial charge in [0.05, 0.1) is 0 Å². The SMILES string of the molecule is C/C=C/CCc1ccc(C#Cc2ccccc2-c2ccccc2)cc1. The van der Waals surface area contributed by atoms with Crippen molar-refractivity contribution in [3.63, 3.8) is 0 Å². The second kappa shape index (κ2) is 8.71. The van der Waals surface area contributed by atoms with Gasteiger partial charge in [0.2, 0.25) is 0 Å². The molecule has 0 saturated heterocycles. The number of benzene rings is 3. The molecule has 0 aliphatic rings. The Morgan fingerprint density at radius 1 is 0.760 bits per heavy atom. The minimum atomic E-state index is 1.05. The summed E-state index contributed by atoms with van der Waals surface area (Å²) in [5.41, 5.74) is 5.85. The predicted molar refractivity (Wildman–Crippen MR) is 107 cm³/mol. The molecule has 0 radical (unpaired) electrons. The van der Waals surface area contributed by atoms with Crippen LogP contribution in [0.5, 0.6) is 0 Å². The van der Waals surface area contributed by atoms with Crippen molar-refractivity contribution in [3.05, 3.63) is 108 Å². The molecule has 0 aromatic heterocycles. The molecular formula is C25H22. The van der Waals surface area contributed by atoms with E-state index >= 15 is 0 Å². The molecule has 122 valence electrons. The van der Waals surface area contributed by atoms with Crippen LogP contribution in [-0.4, -0.2) is 0 Å². The first-order valence-corrected chi connectivity index (χ1v) is 8.73. The van der Waals surface area contributed by atoms with Gasteiger partial charge in [-0.15, -0.1) is 0 Å². The second-order valence-corrected chi connectivity index (χ2v) is 5.97. The van der Waals surface area contributed by atoms with Gasteiger partial charge in [0.15, 0.2) is 0 Å². The Labute approximate surface area is 150 Å². The van der Waals surface area contributed by atoms with Crippen molar-refractivity contribution in [2.24, 2.45) is 0 Å². The summed E-state index contributed by atoms with van der Waals surface area (Å²) in [7, 11) is 0. The van der Waals surface area contributed by atoms with Crippen molar-refractivity contribution in [2.75, 3.05) is 0 Å². The van der Waals surface area contributed by atoms with Gasteiger partial charge in [0.25, 0.3) is 0 Å². The molecule has 0 atom stereocenters. The summed E-state index contributed by atoms with van der Waals surface area (Å²) < 4.78 is 0. The molecule has 0 aliphatic heterocycles. The molecule has 0 spiro atoms. The lowest BCUT2D eigenvalue weighted by atomic mass is 10.00. The lowest BCUT2D eigenvalue weighted by Crippen LogP contribution is -1.85. The fraction of sp³-hybridized carbons (Fsp3) is 0.120. The highest BCUT2D eigenvalue weighted by atomic mass is 14.0. The summed E-state index contributed by atoms with van der Waals surface area (Å²) in [5, 5.41) is 0. The largest absolute Gasteiger partial charge is 0.0917 e. The van der Waals surface area contributed by atoms with Crippen LogP contribution in [0, 0.1) is 11.8 Å². The molecule has 0 amide bonds. The smallest absolute Gasteiger partial charge is 0.0327 e. The molecule has 0 aliphatic carbocycles. The van der Waals surface area contributed by atoms with Crippen LogP contribution in [0.2, 0.25) is 0 Å². The van der Waals surface area contributed by atoms with E-state index in [0.717, 1.165) is 24.0 Å². The Morgan fingerprint density at radius 2 is 1.48 bits per heavy atom. The van der Waals surface area contributed by atoms with Gasteiger partial charge >= 0.3 is 0 Å². The van der Waals surface area contributed by atoms with Crippen LogP contribution in [0.25, 0.3) is 11.1 Å². The molecular weight excluding hydrogens is 300 g/mol. The van der Waals surface area contributed by atoms with Gasteiger partial charge in [-0.05, 0) is 54.7 Å². The molecule has 3 rings (SSSR count). The van der Waals surface area contributed by atoms with Gasteiger partial charge < -0.3 is 0 Å². The molecule has 0 saturated carbocycles. The molecule has 25 heavy (non-hydrogen) atoms. The summed E-state index contributed by atoms with van der Waals surface area (Å²) >= 11 is 0. The van der Waals surface area contributed by atoms with Crippen molar-refractivity contribution < 1.29 is 0 Å². The Hall–Kier alpha value is -3.04. The lowest BCUT2D eigenvalue weighted by molar-refractivity contribution is 0.999. The van der Waals surface area contributed by atoms with Crippen LogP contribution in [0.1, 0.15) is 30.0 Å². The Morgan fingerprint density at radius 3 is 2.24 bits per heavy atom. The average Bonchev–Trinajstić information content (AvgIpc) is 2.68. The maximum absolute atomic E-state index is 3.34. The zero-order chi connectivity index (χ0) is 17.3. The third-order valence-electron chi connectivity index (χ3n) is 4.14. The first-order chi connectivity index (χ1) is 12.4. The number of aryl methyl sites for hydroxylation is 1. The summed E-state index contributed by atoms with van der Waals surface area (Å²) in [6.45, 7) is 2.06. The highest BCUT2D eigenvalue weighted by molar-refractivity contribution is 5.71. The van der Waals surface area contributed by atoms with Crippen LogP contribution in [0.15, 0.2) is 91.0 Å². The van der Waals surface area contributed by atoms with Gasteiger partial charge in [-0.3, -0.25) is 0 Å². The Bertz CT molecular complexity index is 888. The zero-order valence-corrected chi connectivity index (χ0v) is 14.6. The summed E-state index contributed by atoms with van der Waals surface area (Å²) in [6.07, 6.45) is 6.47. The van der Waals surface area contributed by atoms with Gasteiger partial charge in [-0.2, -0.15) is 0 Å². The molecule has 0 bridgehead atoms. The molecule has 3 aromatic rings. The molecule has 0 N–H and O–H groups in total. The van der Waals surface area contributed by atoms with Crippen LogP contribution in [-0.2, 0) is 6.42 Å². The van der Waals surface area contributed by atoms with E-state index in [1.54, 1.807) is 0 Å². The molecule has 0 nitrogen and oxygen atoms in total. The Balaban J connectivity index is 1.80. The zero-order valence-electron chi connectivity index (χ0n) is 14.6. The standard InChI is InChI=1S/C25H22/c1-2-3-5-10-21-15-17-22(18-16-21)19-20-24-13-8-9-14-25(24)23-11-6-4-7-12-23/h2-4,6-9,11-18H,5,10H2,1H3/b3-2+. The van der Waals surface area contributed by atoms with E-state index < -0.39 is 0 Å². The van der Waals surface area contributed by atoms with Gasteiger partial charge in [-0.1, -0.05) is 84.7 Å². The summed E-state index contributed by atoms with van der Waals surface area (Å²) in [5.74, 6) is 6.64. The lowest BCUT2D eigenvalue weighted by Gasteiger charge is -2.04. The minimum absolute atomic E-state index is 1.05. The van der Waals surface area contributed by atoms with E-state index in [1.165, 1.54) is 16.7 Å². The fourth-order valence-electron chi connectivity index (χ4n) is 2.77. The third-order valence-corrected chi connectivity index (χ3v) is 4.14. The summed E-state index contributed by atoms with van der Waals surface area (Å²) in [4.78, 5) is 0. The molecule has 3 aromatic carbocycles. The van der Waals surface area contributed by atoms with E-state index in [2.05, 4.69) is 97.6 Å². The van der Waals surface area contributed by atoms with Crippen LogP contribution >= 0.6 is 0 Å². The van der Waals surface area contributed by atoms with Gasteiger partial charge in [0, 0.05) is 11.1 Å². The quantitative estimate of drug-likeness (QED) is 0.393. The van der Waals surface area contributed by atoms with E-state index in [-0.39, 0.29) is 0 Å². The van der Waals surface area contributed by atoms with Crippen molar-refractivity contribution >= 4 is 0 Å². The number of rotatable bonds is 4. The monoisotopic (exact) mass is 322 g/mol. The first kappa shape index (κ1) is 16.8. The maximum Gasteiger partial charge on any atom is 0.0327 e. The average molecular weight is 322 g/mol. The highest BCUT2D eigenvalue weighted by Gasteiger charge is 2.01. The minimum Gasteiger partial charge on any atom is -0.0917 e. The second-order valence-electron chi connectivity index (χ2n) is 5.97. The predicted octanol–water partition coefficient (Wildman–Crippen LogP) is 6.26. The number of hydrogen-bond acceptors (Lipinski definition) is 0. The van der Waals surface area contributed by atoms with Crippen LogP contribution in [0.4, 0.5) is 0 Å². The van der Waals surface area contributed by atoms with E-state index in [9.17, 15) is 0 Å². The van der Waals surface area contributed by atoms with Crippen molar-refractivity contribution in [2.45, 2.75) is 19.8 Å². The van der Waals surface area contributed by atoms with E-state index in [0.29, 0.717) is 0 Å². The summed E-state index contributed by atoms with van der Waals surface area (Å²) in [6, 6.07) is 27.3. The number of hydrogen-bond donors (Lipinski definition) is 0. The fourth-order valence-corrected chi connectivity index (χ4v) is 2.77. The highest BCUT2D eigenvalue weighted by Crippen LogP contribution is 2.22. The van der Waals surface area contributed by atoms with Crippen LogP contribution in [0.3, 0.4) is 0 Å². The van der Waals surface area contributed by atoms with Gasteiger partial charge in [0.1, 0.15) is 0 Å². The van der Waals surface area contributed by atoms with Crippen molar-refractivity contribution in [1.82, 2.24) is 0 Å². The molecule has 0 heteroatoms.